The largest absolute Gasteiger partial charge is 0.508 e. The van der Waals surface area contributed by atoms with E-state index in [1.165, 1.54) is 0 Å². The summed E-state index contributed by atoms with van der Waals surface area (Å²) in [5.41, 5.74) is 2.76. The number of carboxylic acid groups (broad SMARTS) is 1. The Morgan fingerprint density at radius 1 is 1.06 bits per heavy atom. The van der Waals surface area contributed by atoms with Crippen LogP contribution in [0.15, 0.2) is 42.5 Å². The molecule has 0 amide bonds. The third kappa shape index (κ3) is 2.28. The standard InChI is InChI=1S/C14H12O3/c1-9-7-11(5-6-13(9)14(16)17)10-3-2-4-12(15)8-10/h2-8,15H,1H3,(H,16,17). The number of carbonyl (C=O) groups is 1. The highest BCUT2D eigenvalue weighted by Gasteiger charge is 2.08. The molecule has 0 saturated heterocycles. The van der Waals surface area contributed by atoms with E-state index in [-0.39, 0.29) is 5.75 Å². The van der Waals surface area contributed by atoms with E-state index in [4.69, 9.17) is 5.11 Å². The molecular weight excluding hydrogens is 216 g/mol. The summed E-state index contributed by atoms with van der Waals surface area (Å²) in [5, 5.41) is 18.3. The van der Waals surface area contributed by atoms with E-state index in [9.17, 15) is 9.90 Å². The van der Waals surface area contributed by atoms with Crippen LogP contribution in [0.4, 0.5) is 0 Å². The molecule has 2 aromatic rings. The fourth-order valence-corrected chi connectivity index (χ4v) is 1.77. The number of benzene rings is 2. The summed E-state index contributed by atoms with van der Waals surface area (Å²) in [6, 6.07) is 12.0. The Bertz CT molecular complexity index is 573. The highest BCUT2D eigenvalue weighted by Crippen LogP contribution is 2.25. The van der Waals surface area contributed by atoms with Gasteiger partial charge in [-0.05, 0) is 41.8 Å². The summed E-state index contributed by atoms with van der Waals surface area (Å²) < 4.78 is 0. The van der Waals surface area contributed by atoms with Crippen LogP contribution in [0.2, 0.25) is 0 Å². The minimum atomic E-state index is -0.926. The van der Waals surface area contributed by atoms with Crippen molar-refractivity contribution in [1.29, 1.82) is 0 Å². The summed E-state index contributed by atoms with van der Waals surface area (Å²) in [6.45, 7) is 1.76. The van der Waals surface area contributed by atoms with Crippen LogP contribution in [-0.2, 0) is 0 Å². The molecule has 0 aliphatic carbocycles. The van der Waals surface area contributed by atoms with Gasteiger partial charge in [-0.2, -0.15) is 0 Å². The van der Waals surface area contributed by atoms with Gasteiger partial charge in [0, 0.05) is 0 Å². The predicted molar refractivity (Wildman–Crippen MR) is 65.2 cm³/mol. The van der Waals surface area contributed by atoms with Crippen molar-refractivity contribution in [3.8, 4) is 16.9 Å². The molecular formula is C14H12O3. The van der Waals surface area contributed by atoms with Crippen molar-refractivity contribution >= 4 is 5.97 Å². The van der Waals surface area contributed by atoms with Gasteiger partial charge in [0.25, 0.3) is 0 Å². The molecule has 17 heavy (non-hydrogen) atoms. The van der Waals surface area contributed by atoms with Gasteiger partial charge in [0.2, 0.25) is 0 Å². The second-order valence-corrected chi connectivity index (χ2v) is 3.89. The number of aromatic hydroxyl groups is 1. The van der Waals surface area contributed by atoms with Gasteiger partial charge in [-0.15, -0.1) is 0 Å². The molecule has 0 aliphatic rings. The topological polar surface area (TPSA) is 57.5 Å². The first-order valence-corrected chi connectivity index (χ1v) is 5.21. The number of rotatable bonds is 2. The van der Waals surface area contributed by atoms with Crippen molar-refractivity contribution in [2.75, 3.05) is 0 Å². The van der Waals surface area contributed by atoms with Crippen molar-refractivity contribution in [3.05, 3.63) is 53.6 Å². The SMILES string of the molecule is Cc1cc(-c2cccc(O)c2)ccc1C(=O)O. The van der Waals surface area contributed by atoms with Crippen LogP contribution < -0.4 is 0 Å². The van der Waals surface area contributed by atoms with E-state index < -0.39 is 5.97 Å². The first-order valence-electron chi connectivity index (χ1n) is 5.21. The van der Waals surface area contributed by atoms with Crippen molar-refractivity contribution in [2.24, 2.45) is 0 Å². The summed E-state index contributed by atoms with van der Waals surface area (Å²) >= 11 is 0. The molecule has 3 nitrogen and oxygen atoms in total. The van der Waals surface area contributed by atoms with Gasteiger partial charge in [0.05, 0.1) is 5.56 Å². The Morgan fingerprint density at radius 2 is 1.76 bits per heavy atom. The highest BCUT2D eigenvalue weighted by molar-refractivity contribution is 5.90. The van der Waals surface area contributed by atoms with Crippen LogP contribution in [-0.4, -0.2) is 16.2 Å². The van der Waals surface area contributed by atoms with Crippen molar-refractivity contribution in [3.63, 3.8) is 0 Å². The predicted octanol–water partition coefficient (Wildman–Crippen LogP) is 3.07. The smallest absolute Gasteiger partial charge is 0.335 e. The number of phenolic OH excluding ortho intramolecular Hbond substituents is 1. The van der Waals surface area contributed by atoms with Gasteiger partial charge in [0.1, 0.15) is 5.75 Å². The molecule has 2 N–H and O–H groups in total. The highest BCUT2D eigenvalue weighted by atomic mass is 16.4. The molecule has 0 aromatic heterocycles. The second-order valence-electron chi connectivity index (χ2n) is 3.89. The van der Waals surface area contributed by atoms with Gasteiger partial charge >= 0.3 is 5.97 Å². The van der Waals surface area contributed by atoms with Crippen molar-refractivity contribution < 1.29 is 15.0 Å². The monoisotopic (exact) mass is 228 g/mol. The van der Waals surface area contributed by atoms with E-state index in [2.05, 4.69) is 0 Å². The first-order chi connectivity index (χ1) is 8.08. The van der Waals surface area contributed by atoms with Gasteiger partial charge in [-0.1, -0.05) is 24.3 Å². The maximum absolute atomic E-state index is 10.9. The molecule has 0 radical (unpaired) electrons. The number of phenols is 1. The molecule has 0 heterocycles. The average molecular weight is 228 g/mol. The molecule has 3 heteroatoms. The van der Waals surface area contributed by atoms with Gasteiger partial charge in [-0.25, -0.2) is 4.79 Å². The Morgan fingerprint density at radius 3 is 2.35 bits per heavy atom. The first kappa shape index (κ1) is 11.2. The lowest BCUT2D eigenvalue weighted by Gasteiger charge is -2.06. The molecule has 2 rings (SSSR count). The lowest BCUT2D eigenvalue weighted by Crippen LogP contribution is -1.99. The maximum atomic E-state index is 10.9. The lowest BCUT2D eigenvalue weighted by atomic mass is 10.00. The van der Waals surface area contributed by atoms with Crippen LogP contribution in [0.5, 0.6) is 5.75 Å². The third-order valence-electron chi connectivity index (χ3n) is 2.64. The fraction of sp³-hybridized carbons (Fsp3) is 0.0714. The Hall–Kier alpha value is -2.29. The van der Waals surface area contributed by atoms with E-state index >= 15 is 0 Å². The zero-order valence-corrected chi connectivity index (χ0v) is 9.34. The minimum absolute atomic E-state index is 0.197. The number of hydrogen-bond acceptors (Lipinski definition) is 2. The summed E-state index contributed by atoms with van der Waals surface area (Å²) in [7, 11) is 0. The number of hydrogen-bond donors (Lipinski definition) is 2. The fourth-order valence-electron chi connectivity index (χ4n) is 1.77. The van der Waals surface area contributed by atoms with Crippen LogP contribution in [0.3, 0.4) is 0 Å². The second kappa shape index (κ2) is 4.29. The Kier molecular flexibility index (Phi) is 2.83. The minimum Gasteiger partial charge on any atom is -0.508 e. The lowest BCUT2D eigenvalue weighted by molar-refractivity contribution is 0.0696. The molecule has 0 unspecified atom stereocenters. The quantitative estimate of drug-likeness (QED) is 0.830. The zero-order valence-electron chi connectivity index (χ0n) is 9.34. The number of aromatic carboxylic acids is 1. The van der Waals surface area contributed by atoms with Crippen LogP contribution >= 0.6 is 0 Å². The van der Waals surface area contributed by atoms with Crippen molar-refractivity contribution in [2.45, 2.75) is 6.92 Å². The van der Waals surface area contributed by atoms with E-state index in [1.807, 2.05) is 6.07 Å². The Balaban J connectivity index is 2.48. The van der Waals surface area contributed by atoms with E-state index in [1.54, 1.807) is 43.3 Å². The zero-order chi connectivity index (χ0) is 12.4. The van der Waals surface area contributed by atoms with E-state index in [0.29, 0.717) is 11.1 Å². The molecule has 2 aromatic carbocycles. The molecule has 0 fully saturated rings. The molecule has 0 aliphatic heterocycles. The summed E-state index contributed by atoms with van der Waals surface area (Å²) in [6.07, 6.45) is 0. The molecule has 0 bridgehead atoms. The van der Waals surface area contributed by atoms with Crippen LogP contribution in [0.1, 0.15) is 15.9 Å². The average Bonchev–Trinajstić information content (AvgIpc) is 2.28. The van der Waals surface area contributed by atoms with Crippen molar-refractivity contribution in [1.82, 2.24) is 0 Å². The summed E-state index contributed by atoms with van der Waals surface area (Å²) in [5.74, 6) is -0.729. The van der Waals surface area contributed by atoms with Gasteiger partial charge in [0.15, 0.2) is 0 Å². The number of carboxylic acids is 1. The molecule has 0 spiro atoms. The maximum Gasteiger partial charge on any atom is 0.335 e. The van der Waals surface area contributed by atoms with Crippen LogP contribution in [0.25, 0.3) is 11.1 Å². The van der Waals surface area contributed by atoms with E-state index in [0.717, 1.165) is 11.1 Å². The van der Waals surface area contributed by atoms with Crippen LogP contribution in [0, 0.1) is 6.92 Å². The third-order valence-corrected chi connectivity index (χ3v) is 2.64. The molecule has 0 saturated carbocycles. The molecule has 86 valence electrons. The van der Waals surface area contributed by atoms with Gasteiger partial charge < -0.3 is 10.2 Å². The molecule has 0 atom stereocenters. The normalized spacial score (nSPS) is 10.2. The number of aryl methyl sites for hydroxylation is 1. The Labute approximate surface area is 99.0 Å². The van der Waals surface area contributed by atoms with Gasteiger partial charge in [-0.3, -0.25) is 0 Å². The summed E-state index contributed by atoms with van der Waals surface area (Å²) in [4.78, 5) is 10.9.